The zero-order valence-corrected chi connectivity index (χ0v) is 18.1. The molecule has 0 radical (unpaired) electrons. The largest absolute Gasteiger partial charge is 0.497 e. The Morgan fingerprint density at radius 2 is 1.97 bits per heavy atom. The average molecular weight is 421 g/mol. The first-order chi connectivity index (χ1) is 13.8. The minimum Gasteiger partial charge on any atom is -0.497 e. The van der Waals surface area contributed by atoms with E-state index in [4.69, 9.17) is 9.47 Å². The highest BCUT2D eigenvalue weighted by Crippen LogP contribution is 2.36. The summed E-state index contributed by atoms with van der Waals surface area (Å²) in [5.41, 5.74) is 1.46. The molecule has 1 aromatic carbocycles. The Morgan fingerprint density at radius 3 is 2.52 bits per heavy atom. The summed E-state index contributed by atoms with van der Waals surface area (Å²) >= 11 is 0. The maximum absolute atomic E-state index is 13.5. The molecule has 1 aliphatic rings. The fraction of sp³-hybridized carbons (Fsp3) is 0.476. The van der Waals surface area contributed by atoms with Crippen LogP contribution in [0.2, 0.25) is 0 Å². The van der Waals surface area contributed by atoms with Gasteiger partial charge in [0.15, 0.2) is 0 Å². The Kier molecular flexibility index (Phi) is 6.33. The van der Waals surface area contributed by atoms with E-state index >= 15 is 0 Å². The number of sulfone groups is 1. The van der Waals surface area contributed by atoms with Crippen molar-refractivity contribution in [3.8, 4) is 5.75 Å². The van der Waals surface area contributed by atoms with E-state index in [0.717, 1.165) is 18.5 Å². The van der Waals surface area contributed by atoms with Crippen molar-refractivity contribution in [2.24, 2.45) is 0 Å². The second kappa shape index (κ2) is 8.59. The van der Waals surface area contributed by atoms with Crippen LogP contribution in [-0.4, -0.2) is 38.7 Å². The topological polar surface area (TPSA) is 86.6 Å². The number of benzene rings is 1. The van der Waals surface area contributed by atoms with Gasteiger partial charge in [0.2, 0.25) is 9.84 Å². The third-order valence-corrected chi connectivity index (χ3v) is 7.25. The molecule has 29 heavy (non-hydrogen) atoms. The number of ether oxygens (including phenoxy) is 2. The molecule has 0 aliphatic carbocycles. The molecule has 1 fully saturated rings. The number of methoxy groups -OCH3 is 1. The molecular formula is C21H28N2O5S. The molecule has 1 amide bonds. The zero-order valence-electron chi connectivity index (χ0n) is 17.3. The Bertz CT molecular complexity index is 987. The van der Waals surface area contributed by atoms with Gasteiger partial charge >= 0.3 is 0 Å². The molecule has 3 rings (SSSR count). The first-order valence-electron chi connectivity index (χ1n) is 9.82. The van der Waals surface area contributed by atoms with Crippen LogP contribution >= 0.6 is 0 Å². The van der Waals surface area contributed by atoms with Crippen molar-refractivity contribution in [1.29, 1.82) is 0 Å². The lowest BCUT2D eigenvalue weighted by molar-refractivity contribution is -0.124. The molecule has 158 valence electrons. The predicted molar refractivity (Wildman–Crippen MR) is 110 cm³/mol. The van der Waals surface area contributed by atoms with Crippen LogP contribution < -0.4 is 10.1 Å². The van der Waals surface area contributed by atoms with E-state index in [9.17, 15) is 13.2 Å². The molecule has 1 saturated heterocycles. The number of nitrogens with one attached hydrogen (secondary N) is 1. The lowest BCUT2D eigenvalue weighted by Crippen LogP contribution is -2.29. The number of hydrogen-bond donors (Lipinski definition) is 1. The fourth-order valence-electron chi connectivity index (χ4n) is 3.65. The highest BCUT2D eigenvalue weighted by atomic mass is 32.2. The van der Waals surface area contributed by atoms with Crippen molar-refractivity contribution >= 4 is 21.6 Å². The van der Waals surface area contributed by atoms with Gasteiger partial charge < -0.3 is 19.4 Å². The average Bonchev–Trinajstić information content (AvgIpc) is 3.32. The van der Waals surface area contributed by atoms with E-state index in [1.807, 2.05) is 18.4 Å². The number of rotatable bonds is 7. The van der Waals surface area contributed by atoms with Crippen molar-refractivity contribution in [2.45, 2.75) is 62.5 Å². The van der Waals surface area contributed by atoms with Gasteiger partial charge in [0.25, 0.3) is 5.91 Å². The van der Waals surface area contributed by atoms with E-state index in [2.05, 4.69) is 5.32 Å². The van der Waals surface area contributed by atoms with E-state index in [1.54, 1.807) is 19.1 Å². The molecule has 2 heterocycles. The summed E-state index contributed by atoms with van der Waals surface area (Å²) in [6.07, 6.45) is 1.72. The summed E-state index contributed by atoms with van der Waals surface area (Å²) in [6.45, 7) is 6.81. The minimum atomic E-state index is -3.85. The lowest BCUT2D eigenvalue weighted by atomic mass is 10.2. The second-order valence-corrected chi connectivity index (χ2v) is 9.10. The van der Waals surface area contributed by atoms with Crippen molar-refractivity contribution in [2.75, 3.05) is 19.0 Å². The Morgan fingerprint density at radius 1 is 1.28 bits per heavy atom. The fourth-order valence-corrected chi connectivity index (χ4v) is 5.34. The Hall–Kier alpha value is -2.32. The van der Waals surface area contributed by atoms with Crippen LogP contribution in [0.4, 0.5) is 5.82 Å². The van der Waals surface area contributed by atoms with Crippen LogP contribution in [0, 0.1) is 13.8 Å². The van der Waals surface area contributed by atoms with Gasteiger partial charge in [-0.05, 0) is 62.9 Å². The number of anilines is 1. The normalized spacial score (nSPS) is 16.8. The molecule has 1 aromatic heterocycles. The molecule has 1 unspecified atom stereocenters. The number of amides is 1. The van der Waals surface area contributed by atoms with Crippen LogP contribution in [0.1, 0.15) is 37.4 Å². The Labute approximate surface area is 171 Å². The molecule has 2 aromatic rings. The zero-order chi connectivity index (χ0) is 21.2. The summed E-state index contributed by atoms with van der Waals surface area (Å²) in [4.78, 5) is 13.0. The summed E-state index contributed by atoms with van der Waals surface area (Å²) in [7, 11) is -2.32. The third kappa shape index (κ3) is 4.04. The van der Waals surface area contributed by atoms with Crippen molar-refractivity contribution in [3.63, 3.8) is 0 Å². The van der Waals surface area contributed by atoms with E-state index in [-0.39, 0.29) is 15.7 Å². The van der Waals surface area contributed by atoms with Gasteiger partial charge in [0.1, 0.15) is 22.6 Å². The third-order valence-electron chi connectivity index (χ3n) is 5.32. The number of carbonyl (C=O) groups is 1. The molecular weight excluding hydrogens is 392 g/mol. The van der Waals surface area contributed by atoms with Gasteiger partial charge in [-0.15, -0.1) is 0 Å². The number of carbonyl (C=O) groups excluding carboxylic acids is 1. The standard InChI is InChI=1S/C21H28N2O5S/c1-5-12-23-15(3)14(2)19(20(23)22-21(24)18-7-6-13-28-18)29(25,26)17-10-8-16(27-4)9-11-17/h8-11,18H,5-7,12-13H2,1-4H3,(H,22,24). The van der Waals surface area contributed by atoms with E-state index < -0.39 is 15.9 Å². The summed E-state index contributed by atoms with van der Waals surface area (Å²) in [5, 5.41) is 2.86. The van der Waals surface area contributed by atoms with E-state index in [0.29, 0.717) is 36.7 Å². The van der Waals surface area contributed by atoms with Gasteiger partial charge in [-0.1, -0.05) is 6.92 Å². The number of aromatic nitrogens is 1. The molecule has 1 atom stereocenters. The van der Waals surface area contributed by atoms with Gasteiger partial charge in [0, 0.05) is 18.8 Å². The van der Waals surface area contributed by atoms with Gasteiger partial charge in [-0.3, -0.25) is 4.79 Å². The first kappa shape index (κ1) is 21.4. The molecule has 7 nitrogen and oxygen atoms in total. The first-order valence-corrected chi connectivity index (χ1v) is 11.3. The van der Waals surface area contributed by atoms with Crippen LogP contribution in [0.25, 0.3) is 0 Å². The molecule has 0 spiro atoms. The maximum atomic E-state index is 13.5. The smallest absolute Gasteiger partial charge is 0.254 e. The van der Waals surface area contributed by atoms with Crippen molar-refractivity contribution in [3.05, 3.63) is 35.5 Å². The maximum Gasteiger partial charge on any atom is 0.254 e. The van der Waals surface area contributed by atoms with Gasteiger partial charge in [-0.25, -0.2) is 8.42 Å². The summed E-state index contributed by atoms with van der Waals surface area (Å²) in [6, 6.07) is 6.27. The second-order valence-electron chi connectivity index (χ2n) is 7.21. The quantitative estimate of drug-likeness (QED) is 0.741. The number of nitrogens with zero attached hydrogens (tertiary/aromatic N) is 1. The molecule has 0 saturated carbocycles. The van der Waals surface area contributed by atoms with Crippen LogP contribution in [0.5, 0.6) is 5.75 Å². The van der Waals surface area contributed by atoms with Crippen LogP contribution in [-0.2, 0) is 25.9 Å². The molecule has 1 N–H and O–H groups in total. The van der Waals surface area contributed by atoms with Crippen LogP contribution in [0.3, 0.4) is 0 Å². The van der Waals surface area contributed by atoms with Crippen molar-refractivity contribution in [1.82, 2.24) is 4.57 Å². The Balaban J connectivity index is 2.10. The number of hydrogen-bond acceptors (Lipinski definition) is 5. The highest BCUT2D eigenvalue weighted by Gasteiger charge is 2.32. The summed E-state index contributed by atoms with van der Waals surface area (Å²) < 4.78 is 39.5. The van der Waals surface area contributed by atoms with Gasteiger partial charge in [-0.2, -0.15) is 0 Å². The van der Waals surface area contributed by atoms with Gasteiger partial charge in [0.05, 0.1) is 12.0 Å². The minimum absolute atomic E-state index is 0.139. The summed E-state index contributed by atoms with van der Waals surface area (Å²) in [5.74, 6) is 0.592. The SMILES string of the molecule is CCCn1c(C)c(C)c(S(=O)(=O)c2ccc(OC)cc2)c1NC(=O)C1CCCO1. The molecule has 8 heteroatoms. The van der Waals surface area contributed by atoms with Crippen LogP contribution in [0.15, 0.2) is 34.1 Å². The van der Waals surface area contributed by atoms with E-state index in [1.165, 1.54) is 19.2 Å². The highest BCUT2D eigenvalue weighted by molar-refractivity contribution is 7.91. The lowest BCUT2D eigenvalue weighted by Gasteiger charge is -2.16. The monoisotopic (exact) mass is 420 g/mol. The molecule has 0 bridgehead atoms. The van der Waals surface area contributed by atoms with Crippen molar-refractivity contribution < 1.29 is 22.7 Å². The molecule has 1 aliphatic heterocycles. The predicted octanol–water partition coefficient (Wildman–Crippen LogP) is 3.47.